The van der Waals surface area contributed by atoms with Crippen LogP contribution < -0.4 is 5.32 Å². The van der Waals surface area contributed by atoms with Crippen molar-refractivity contribution in [2.75, 3.05) is 25.6 Å². The van der Waals surface area contributed by atoms with Crippen LogP contribution in [0.5, 0.6) is 0 Å². The van der Waals surface area contributed by atoms with E-state index in [1.807, 2.05) is 0 Å². The number of hydrogen-bond donors (Lipinski definition) is 5. The SMILES string of the molecule is CNc1nc(Cl)nc2c1ncn2CC(CCOP(=O)(O)O)CCOP(=O)(O)O. The smallest absolute Gasteiger partial charge is 0.371 e. The van der Waals surface area contributed by atoms with Crippen LogP contribution in [0, 0.1) is 5.92 Å². The fourth-order valence-corrected chi connectivity index (χ4v) is 3.36. The second kappa shape index (κ2) is 9.57. The number of imidazole rings is 1. The van der Waals surface area contributed by atoms with Crippen molar-refractivity contribution in [1.29, 1.82) is 0 Å². The van der Waals surface area contributed by atoms with Crippen LogP contribution in [0.15, 0.2) is 6.33 Å². The molecule has 0 atom stereocenters. The molecule has 0 spiro atoms. The largest absolute Gasteiger partial charge is 0.469 e. The molecule has 2 rings (SSSR count). The molecule has 16 heteroatoms. The molecule has 0 aliphatic rings. The Hall–Kier alpha value is -1.14. The van der Waals surface area contributed by atoms with Gasteiger partial charge in [-0.05, 0) is 30.4 Å². The van der Waals surface area contributed by atoms with E-state index in [-0.39, 0.29) is 43.8 Å². The zero-order valence-corrected chi connectivity index (χ0v) is 17.2. The Bertz CT molecular complexity index is 872. The monoisotopic (exact) mass is 459 g/mol. The molecule has 2 aromatic rings. The van der Waals surface area contributed by atoms with Gasteiger partial charge in [0, 0.05) is 13.6 Å². The van der Waals surface area contributed by atoms with Crippen molar-refractivity contribution in [3.8, 4) is 0 Å². The highest BCUT2D eigenvalue weighted by atomic mass is 35.5. The predicted molar refractivity (Wildman–Crippen MR) is 98.6 cm³/mol. The number of halogens is 1. The Morgan fingerprint density at radius 2 is 1.71 bits per heavy atom. The first-order chi connectivity index (χ1) is 13.0. The van der Waals surface area contributed by atoms with Crippen LogP contribution in [0.1, 0.15) is 12.8 Å². The van der Waals surface area contributed by atoms with Crippen LogP contribution in [0.3, 0.4) is 0 Å². The number of anilines is 1. The number of phosphoric ester groups is 2. The van der Waals surface area contributed by atoms with Crippen LogP contribution in [0.25, 0.3) is 11.2 Å². The molecule has 158 valence electrons. The second-order valence-electron chi connectivity index (χ2n) is 5.75. The molecular weight excluding hydrogens is 440 g/mol. The van der Waals surface area contributed by atoms with E-state index in [4.69, 9.17) is 31.2 Å². The van der Waals surface area contributed by atoms with Crippen molar-refractivity contribution in [2.24, 2.45) is 5.92 Å². The van der Waals surface area contributed by atoms with Crippen molar-refractivity contribution >= 4 is 44.2 Å². The number of hydrogen-bond acceptors (Lipinski definition) is 8. The molecule has 0 bridgehead atoms. The maximum absolute atomic E-state index is 10.8. The molecular formula is C12H20ClN5O8P2. The Labute approximate surface area is 164 Å². The van der Waals surface area contributed by atoms with Crippen molar-refractivity contribution < 1.29 is 37.8 Å². The number of rotatable bonds is 11. The van der Waals surface area contributed by atoms with Gasteiger partial charge in [0.05, 0.1) is 19.5 Å². The number of fused-ring (bicyclic) bond motifs is 1. The summed E-state index contributed by atoms with van der Waals surface area (Å²) in [5.74, 6) is 0.113. The summed E-state index contributed by atoms with van der Waals surface area (Å²) in [5.41, 5.74) is 0.907. The molecule has 0 aliphatic carbocycles. The average molecular weight is 460 g/mol. The zero-order chi connectivity index (χ0) is 20.9. The minimum Gasteiger partial charge on any atom is -0.371 e. The molecule has 13 nitrogen and oxygen atoms in total. The standard InChI is InChI=1S/C12H20ClN5O8P2/c1-14-10-9-11(17-12(13)16-10)18(7-15-9)6-8(2-4-25-27(19,20)21)3-5-26-28(22,23)24/h7-8H,2-6H2,1H3,(H,14,16,17)(H2,19,20,21)(H2,22,23,24). The van der Waals surface area contributed by atoms with E-state index in [0.717, 1.165) is 0 Å². The van der Waals surface area contributed by atoms with Crippen LogP contribution in [0.4, 0.5) is 5.82 Å². The fourth-order valence-electron chi connectivity index (χ4n) is 2.51. The lowest BCUT2D eigenvalue weighted by atomic mass is 10.0. The zero-order valence-electron chi connectivity index (χ0n) is 14.7. The minimum atomic E-state index is -4.62. The maximum atomic E-state index is 10.8. The van der Waals surface area contributed by atoms with Gasteiger partial charge in [0.15, 0.2) is 17.0 Å². The van der Waals surface area contributed by atoms with Crippen LogP contribution >= 0.6 is 27.2 Å². The van der Waals surface area contributed by atoms with Gasteiger partial charge in [0.1, 0.15) is 0 Å². The first kappa shape index (κ1) is 23.1. The normalized spacial score (nSPS) is 12.8. The number of phosphoric acid groups is 2. The molecule has 0 fully saturated rings. The van der Waals surface area contributed by atoms with Gasteiger partial charge in [0.25, 0.3) is 0 Å². The molecule has 0 amide bonds. The second-order valence-corrected chi connectivity index (χ2v) is 8.57. The van der Waals surface area contributed by atoms with Gasteiger partial charge in [-0.25, -0.2) is 14.1 Å². The molecule has 0 radical (unpaired) electrons. The average Bonchev–Trinajstić information content (AvgIpc) is 2.94. The molecule has 2 aromatic heterocycles. The molecule has 0 saturated carbocycles. The molecule has 5 N–H and O–H groups in total. The van der Waals surface area contributed by atoms with Crippen LogP contribution in [0.2, 0.25) is 5.28 Å². The van der Waals surface area contributed by atoms with Crippen molar-refractivity contribution in [1.82, 2.24) is 19.5 Å². The summed E-state index contributed by atoms with van der Waals surface area (Å²) in [6.07, 6.45) is 1.87. The van der Waals surface area contributed by atoms with Gasteiger partial charge in [-0.15, -0.1) is 0 Å². The summed E-state index contributed by atoms with van der Waals surface area (Å²) in [4.78, 5) is 47.6. The van der Waals surface area contributed by atoms with Gasteiger partial charge in [-0.2, -0.15) is 9.97 Å². The van der Waals surface area contributed by atoms with Crippen molar-refractivity contribution in [3.63, 3.8) is 0 Å². The molecule has 0 unspecified atom stereocenters. The highest BCUT2D eigenvalue weighted by molar-refractivity contribution is 7.46. The Kier molecular flexibility index (Phi) is 7.91. The fraction of sp³-hybridized carbons (Fsp3) is 0.583. The van der Waals surface area contributed by atoms with E-state index in [0.29, 0.717) is 17.0 Å². The summed E-state index contributed by atoms with van der Waals surface area (Å²) >= 11 is 5.92. The van der Waals surface area contributed by atoms with Gasteiger partial charge in [-0.3, -0.25) is 9.05 Å². The number of nitrogens with zero attached hydrogens (tertiary/aromatic N) is 4. The van der Waals surface area contributed by atoms with Gasteiger partial charge < -0.3 is 29.5 Å². The number of nitrogens with one attached hydrogen (secondary N) is 1. The molecule has 0 saturated heterocycles. The first-order valence-electron chi connectivity index (χ1n) is 7.95. The predicted octanol–water partition coefficient (Wildman–Crippen LogP) is 1.14. The topological polar surface area (TPSA) is 189 Å². The Balaban J connectivity index is 2.16. The molecule has 0 aliphatic heterocycles. The third-order valence-corrected chi connectivity index (χ3v) is 4.91. The van der Waals surface area contributed by atoms with E-state index in [2.05, 4.69) is 29.3 Å². The lowest BCUT2D eigenvalue weighted by Gasteiger charge is -2.18. The quantitative estimate of drug-likeness (QED) is 0.238. The van der Waals surface area contributed by atoms with Crippen LogP contribution in [-0.4, -0.2) is 59.4 Å². The van der Waals surface area contributed by atoms with Gasteiger partial charge >= 0.3 is 15.6 Å². The highest BCUT2D eigenvalue weighted by Crippen LogP contribution is 2.37. The summed E-state index contributed by atoms with van der Waals surface area (Å²) < 4.78 is 32.3. The van der Waals surface area contributed by atoms with E-state index in [1.165, 1.54) is 6.33 Å². The third kappa shape index (κ3) is 7.36. The number of aromatic nitrogens is 4. The Morgan fingerprint density at radius 3 is 2.21 bits per heavy atom. The molecule has 28 heavy (non-hydrogen) atoms. The van der Waals surface area contributed by atoms with Crippen molar-refractivity contribution in [3.05, 3.63) is 11.6 Å². The van der Waals surface area contributed by atoms with Crippen LogP contribution in [-0.2, 0) is 24.7 Å². The first-order valence-corrected chi connectivity index (χ1v) is 11.4. The van der Waals surface area contributed by atoms with E-state index < -0.39 is 15.6 Å². The summed E-state index contributed by atoms with van der Waals surface area (Å²) in [7, 11) is -7.59. The minimum absolute atomic E-state index is 0.00446. The lowest BCUT2D eigenvalue weighted by molar-refractivity contribution is 0.159. The third-order valence-electron chi connectivity index (χ3n) is 3.70. The molecule has 2 heterocycles. The van der Waals surface area contributed by atoms with Crippen molar-refractivity contribution in [2.45, 2.75) is 19.4 Å². The lowest BCUT2D eigenvalue weighted by Crippen LogP contribution is -2.15. The van der Waals surface area contributed by atoms with Gasteiger partial charge in [0.2, 0.25) is 5.28 Å². The van der Waals surface area contributed by atoms with E-state index in [9.17, 15) is 9.13 Å². The summed E-state index contributed by atoms with van der Waals surface area (Å²) in [5, 5.41) is 2.86. The van der Waals surface area contributed by atoms with E-state index in [1.54, 1.807) is 11.6 Å². The summed E-state index contributed by atoms with van der Waals surface area (Å²) in [6.45, 7) is -0.244. The highest BCUT2D eigenvalue weighted by Gasteiger charge is 2.20. The summed E-state index contributed by atoms with van der Waals surface area (Å²) in [6, 6.07) is 0. The Morgan fingerprint density at radius 1 is 1.14 bits per heavy atom. The molecule has 0 aromatic carbocycles. The van der Waals surface area contributed by atoms with E-state index >= 15 is 0 Å². The maximum Gasteiger partial charge on any atom is 0.469 e. The van der Waals surface area contributed by atoms with Gasteiger partial charge in [-0.1, -0.05) is 0 Å².